The Bertz CT molecular complexity index is 3720. The summed E-state index contributed by atoms with van der Waals surface area (Å²) < 4.78 is 25.3. The lowest BCUT2D eigenvalue weighted by Gasteiger charge is -2.32. The van der Waals surface area contributed by atoms with Gasteiger partial charge in [-0.05, 0) is 58.7 Å². The largest absolute Gasteiger partial charge is 0.459 e. The van der Waals surface area contributed by atoms with Gasteiger partial charge in [0, 0.05) is 41.8 Å². The van der Waals surface area contributed by atoms with Gasteiger partial charge in [-0.25, -0.2) is 9.98 Å². The number of nitriles is 4. The Morgan fingerprint density at radius 1 is 0.380 bits per heavy atom. The molecule has 5 heterocycles. The van der Waals surface area contributed by atoms with Crippen LogP contribution in [-0.4, -0.2) is 35.3 Å². The van der Waals surface area contributed by atoms with Crippen molar-refractivity contribution < 1.29 is 38.1 Å². The molecule has 11 rings (SSSR count). The highest BCUT2D eigenvalue weighted by atomic mass is 32.1. The Morgan fingerprint density at radius 3 is 0.975 bits per heavy atom. The molecule has 79 heavy (non-hydrogen) atoms. The van der Waals surface area contributed by atoms with Gasteiger partial charge in [-0.2, -0.15) is 21.0 Å². The molecule has 0 fully saturated rings. The molecule has 2 aliphatic rings. The highest BCUT2D eigenvalue weighted by Gasteiger charge is 2.69. The number of fused-ring (bicyclic) bond motifs is 7. The van der Waals surface area contributed by atoms with Gasteiger partial charge in [0.2, 0.25) is 22.3 Å². The van der Waals surface area contributed by atoms with E-state index in [1.807, 2.05) is 24.3 Å². The molecule has 382 valence electrons. The molecule has 0 saturated heterocycles. The average Bonchev–Trinajstić information content (AvgIpc) is 1.97. The Hall–Kier alpha value is -9.44. The highest BCUT2D eigenvalue weighted by molar-refractivity contribution is 7.31. The molecule has 2 aliphatic carbocycles. The summed E-state index contributed by atoms with van der Waals surface area (Å²) in [7, 11) is 0. The number of nitrogens with zero attached hydrogens (tertiary/aromatic N) is 6. The van der Waals surface area contributed by atoms with Crippen LogP contribution in [0.2, 0.25) is 0 Å². The molecule has 14 nitrogen and oxygen atoms in total. The first-order valence-corrected chi connectivity index (χ1v) is 28.0. The van der Waals surface area contributed by atoms with Gasteiger partial charge in [0.05, 0.1) is 19.5 Å². The zero-order valence-electron chi connectivity index (χ0n) is 40.8. The van der Waals surface area contributed by atoms with Crippen molar-refractivity contribution in [2.24, 2.45) is 9.98 Å². The summed E-state index contributed by atoms with van der Waals surface area (Å²) in [6.45, 7) is -1.09. The number of carbonyl (C=O) groups is 4. The predicted molar refractivity (Wildman–Crippen MR) is 301 cm³/mol. The maximum absolute atomic E-state index is 16.0. The lowest BCUT2D eigenvalue weighted by atomic mass is 9.70. The number of carbonyl (C=O) groups excluding carboxylic acids is 4. The van der Waals surface area contributed by atoms with E-state index in [4.69, 9.17) is 18.9 Å². The van der Waals surface area contributed by atoms with Gasteiger partial charge in [0.25, 0.3) is 0 Å². The molecule has 0 saturated carbocycles. The van der Waals surface area contributed by atoms with Gasteiger partial charge >= 0.3 is 23.9 Å². The first kappa shape index (κ1) is 51.7. The number of hydrogen-bond donors (Lipinski definition) is 0. The molecule has 0 amide bonds. The number of benzene rings is 4. The quantitative estimate of drug-likeness (QED) is 0.0381. The van der Waals surface area contributed by atoms with E-state index in [0.717, 1.165) is 0 Å². The lowest BCUT2D eigenvalue weighted by Crippen LogP contribution is -2.50. The third kappa shape index (κ3) is 9.32. The minimum absolute atomic E-state index is 0.00660. The van der Waals surface area contributed by atoms with Crippen LogP contribution in [-0.2, 0) is 75.4 Å². The van der Waals surface area contributed by atoms with E-state index < -0.39 is 34.7 Å². The van der Waals surface area contributed by atoms with Crippen molar-refractivity contribution in [3.05, 3.63) is 202 Å². The maximum atomic E-state index is 16.0. The molecule has 5 aromatic heterocycles. The molecule has 0 radical (unpaired) electrons. The van der Waals surface area contributed by atoms with E-state index in [-0.39, 0.29) is 60.1 Å². The summed E-state index contributed by atoms with van der Waals surface area (Å²) in [5, 5.41) is 38.7. The standard InChI is InChI=1S/C60H34N6O8S5/c61-27-39(28-62)65-47-23-21-43(75-47)45-25-41-51(77-45)53-49(59(41,55(67)71-31-35-13-5-1-6-14-35)56(68)72-32-36-15-7-2-8-16-36)50-54(79-53)52-42(26-46(78-52)44-22-24-48(76-44)66-40(29-63)30-64)60(50,57(69)73-33-37-17-9-3-10-18-37)58(70)74-34-38-19-11-4-12-20-38/h1-26H,31-34H2. The average molecular weight is 1130 g/mol. The maximum Gasteiger partial charge on any atom is 0.333 e. The summed E-state index contributed by atoms with van der Waals surface area (Å²) in [6, 6.07) is 53.1. The van der Waals surface area contributed by atoms with E-state index in [1.165, 1.54) is 56.7 Å². The van der Waals surface area contributed by atoms with Crippen molar-refractivity contribution in [2.45, 2.75) is 37.3 Å². The number of ether oxygens (including phenoxy) is 4. The molecular weight excluding hydrogens is 1090 g/mol. The fourth-order valence-electron chi connectivity index (χ4n) is 9.41. The normalized spacial score (nSPS) is 12.6. The summed E-state index contributed by atoms with van der Waals surface area (Å²) in [4.78, 5) is 76.7. The molecule has 0 atom stereocenters. The molecule has 9 aromatic rings. The van der Waals surface area contributed by atoms with Gasteiger partial charge in [-0.3, -0.25) is 19.2 Å². The van der Waals surface area contributed by atoms with Gasteiger partial charge in [-0.1, -0.05) is 121 Å². The summed E-state index contributed by atoms with van der Waals surface area (Å²) in [5.41, 5.74) is -2.88. The van der Waals surface area contributed by atoms with Crippen LogP contribution < -0.4 is 0 Å². The third-order valence-electron chi connectivity index (χ3n) is 13.0. The monoisotopic (exact) mass is 1130 g/mol. The van der Waals surface area contributed by atoms with Crippen LogP contribution in [0, 0.1) is 45.3 Å². The summed E-state index contributed by atoms with van der Waals surface area (Å²) in [6.07, 6.45) is 0. The van der Waals surface area contributed by atoms with Crippen LogP contribution in [0.15, 0.2) is 168 Å². The van der Waals surface area contributed by atoms with Crippen LogP contribution in [0.1, 0.15) is 44.5 Å². The predicted octanol–water partition coefficient (Wildman–Crippen LogP) is 13.1. The van der Waals surface area contributed by atoms with Gasteiger partial charge in [0.15, 0.2) is 0 Å². The summed E-state index contributed by atoms with van der Waals surface area (Å²) >= 11 is 6.07. The van der Waals surface area contributed by atoms with E-state index >= 15 is 19.2 Å². The van der Waals surface area contributed by atoms with Crippen molar-refractivity contribution in [3.8, 4) is 63.3 Å². The molecule has 0 N–H and O–H groups in total. The smallest absolute Gasteiger partial charge is 0.333 e. The Kier molecular flexibility index (Phi) is 14.3. The van der Waals surface area contributed by atoms with Crippen molar-refractivity contribution in [1.82, 2.24) is 0 Å². The topological polar surface area (TPSA) is 225 Å². The summed E-state index contributed by atoms with van der Waals surface area (Å²) in [5.74, 6) is -4.15. The van der Waals surface area contributed by atoms with Crippen LogP contribution in [0.3, 0.4) is 0 Å². The molecule has 0 bridgehead atoms. The molecule has 0 unspecified atom stereocenters. The van der Waals surface area contributed by atoms with Crippen LogP contribution in [0.4, 0.5) is 10.0 Å². The molecule has 0 aliphatic heterocycles. The molecule has 0 spiro atoms. The number of thiophene rings is 5. The first-order chi connectivity index (χ1) is 38.6. The van der Waals surface area contributed by atoms with Gasteiger partial charge in [0.1, 0.15) is 60.7 Å². The van der Waals surface area contributed by atoms with E-state index in [2.05, 4.69) is 9.98 Å². The van der Waals surface area contributed by atoms with Crippen molar-refractivity contribution in [1.29, 1.82) is 21.0 Å². The second-order valence-corrected chi connectivity index (χ2v) is 22.9. The SMILES string of the molecule is N#CC(C#N)=Nc1ccc(-c2cc3c(s2)-c2sc4c(c2C3(C(=O)OCc2ccccc2)C(=O)OCc2ccccc2)C(C(=O)OCc2ccccc2)(C(=O)OCc2ccccc2)c2cc(-c3ccc(N=C(C#N)C#N)s3)sc2-4)s1. The van der Waals surface area contributed by atoms with Crippen molar-refractivity contribution in [2.75, 3.05) is 0 Å². The van der Waals surface area contributed by atoms with Crippen LogP contribution in [0.25, 0.3) is 39.0 Å². The third-order valence-corrected chi connectivity index (χ3v) is 19.1. The Balaban J connectivity index is 1.19. The van der Waals surface area contributed by atoms with Gasteiger partial charge in [-0.15, -0.1) is 56.7 Å². The second-order valence-electron chi connectivity index (χ2n) is 17.6. The van der Waals surface area contributed by atoms with Gasteiger partial charge < -0.3 is 18.9 Å². The van der Waals surface area contributed by atoms with Crippen LogP contribution >= 0.6 is 56.7 Å². The highest BCUT2D eigenvalue weighted by Crippen LogP contribution is 2.68. The Labute approximate surface area is 470 Å². The molecular formula is C60H34N6O8S5. The van der Waals surface area contributed by atoms with Crippen molar-refractivity contribution >= 4 is 102 Å². The first-order valence-electron chi connectivity index (χ1n) is 23.9. The Morgan fingerprint density at radius 2 is 0.684 bits per heavy atom. The fraction of sp³-hybridized carbons (Fsp3) is 0.100. The van der Waals surface area contributed by atoms with E-state index in [9.17, 15) is 21.0 Å². The number of esters is 4. The fourth-order valence-corrected chi connectivity index (χ4v) is 15.5. The zero-order chi connectivity index (χ0) is 54.7. The van der Waals surface area contributed by atoms with E-state index in [0.29, 0.717) is 71.3 Å². The lowest BCUT2D eigenvalue weighted by molar-refractivity contribution is -0.167. The zero-order valence-corrected chi connectivity index (χ0v) is 44.9. The minimum atomic E-state index is -2.51. The number of hydrogen-bond acceptors (Lipinski definition) is 19. The minimum Gasteiger partial charge on any atom is -0.459 e. The van der Waals surface area contributed by atoms with Crippen LogP contribution in [0.5, 0.6) is 0 Å². The molecule has 4 aromatic carbocycles. The number of aliphatic imine (C=N–C) groups is 2. The van der Waals surface area contributed by atoms with Crippen molar-refractivity contribution in [3.63, 3.8) is 0 Å². The second kappa shape index (κ2) is 21.9. The number of rotatable bonds is 16. The van der Waals surface area contributed by atoms with E-state index in [1.54, 1.807) is 158 Å². The molecule has 19 heteroatoms.